The number of rotatable bonds is 3. The number of hydrogen-bond acceptors (Lipinski definition) is 4. The smallest absolute Gasteiger partial charge is 0.325 e. The van der Waals surface area contributed by atoms with Crippen LogP contribution >= 0.6 is 0 Å². The van der Waals surface area contributed by atoms with Crippen molar-refractivity contribution in [2.75, 3.05) is 26.2 Å². The van der Waals surface area contributed by atoms with E-state index in [1.54, 1.807) is 4.90 Å². The molecule has 0 radical (unpaired) electrons. The van der Waals surface area contributed by atoms with E-state index in [0.717, 1.165) is 27.4 Å². The number of H-pyrrole nitrogens is 1. The number of carbonyl (C=O) groups is 3. The number of urea groups is 1. The minimum atomic E-state index is -0.501. The van der Waals surface area contributed by atoms with Crippen molar-refractivity contribution in [2.45, 2.75) is 12.8 Å². The van der Waals surface area contributed by atoms with Crippen molar-refractivity contribution in [1.29, 1.82) is 0 Å². The second-order valence-corrected chi connectivity index (χ2v) is 6.41. The highest BCUT2D eigenvalue weighted by Gasteiger charge is 2.32. The molecular formula is C18H19N5O3. The fourth-order valence-corrected chi connectivity index (χ4v) is 3.42. The van der Waals surface area contributed by atoms with Crippen molar-refractivity contribution < 1.29 is 14.4 Å². The molecule has 1 saturated heterocycles. The summed E-state index contributed by atoms with van der Waals surface area (Å²) in [5, 5.41) is 9.97. The van der Waals surface area contributed by atoms with Crippen LogP contribution in [0.25, 0.3) is 11.3 Å². The summed E-state index contributed by atoms with van der Waals surface area (Å²) in [5.41, 5.74) is 4.13. The monoisotopic (exact) mass is 353 g/mol. The first kappa shape index (κ1) is 16.3. The number of nitrogens with one attached hydrogen (secondary N) is 2. The molecule has 8 nitrogen and oxygen atoms in total. The summed E-state index contributed by atoms with van der Waals surface area (Å²) >= 11 is 0. The van der Waals surface area contributed by atoms with E-state index in [1.165, 1.54) is 0 Å². The Morgan fingerprint density at radius 1 is 1.12 bits per heavy atom. The van der Waals surface area contributed by atoms with Gasteiger partial charge in [0.15, 0.2) is 0 Å². The molecule has 134 valence electrons. The number of carbonyl (C=O) groups excluding carboxylic acids is 3. The number of amides is 4. The molecule has 26 heavy (non-hydrogen) atoms. The van der Waals surface area contributed by atoms with Crippen molar-refractivity contribution >= 4 is 17.8 Å². The van der Waals surface area contributed by atoms with Gasteiger partial charge in [0.05, 0.1) is 12.2 Å². The zero-order valence-corrected chi connectivity index (χ0v) is 14.2. The van der Waals surface area contributed by atoms with Crippen molar-refractivity contribution in [3.05, 3.63) is 41.6 Å². The summed E-state index contributed by atoms with van der Waals surface area (Å²) in [5.74, 6) is -0.575. The molecular weight excluding hydrogens is 334 g/mol. The highest BCUT2D eigenvalue weighted by Crippen LogP contribution is 2.26. The average Bonchev–Trinajstić information content (AvgIpc) is 3.12. The van der Waals surface area contributed by atoms with Gasteiger partial charge in [-0.25, -0.2) is 4.79 Å². The summed E-state index contributed by atoms with van der Waals surface area (Å²) in [6, 6.07) is 9.44. The first-order valence-corrected chi connectivity index (χ1v) is 8.61. The predicted molar refractivity (Wildman–Crippen MR) is 93.1 cm³/mol. The molecule has 0 spiro atoms. The Labute approximate surface area is 150 Å². The van der Waals surface area contributed by atoms with Gasteiger partial charge in [-0.05, 0) is 6.42 Å². The fourth-order valence-electron chi connectivity index (χ4n) is 3.42. The molecule has 2 aromatic rings. The Bertz CT molecular complexity index is 845. The van der Waals surface area contributed by atoms with E-state index in [1.807, 2.05) is 30.3 Å². The van der Waals surface area contributed by atoms with Gasteiger partial charge in [0.25, 0.3) is 5.91 Å². The molecule has 2 aliphatic rings. The van der Waals surface area contributed by atoms with Gasteiger partial charge in [0.2, 0.25) is 5.91 Å². The molecule has 0 atom stereocenters. The zero-order chi connectivity index (χ0) is 18.1. The molecule has 8 heteroatoms. The third kappa shape index (κ3) is 2.94. The molecule has 2 N–H and O–H groups in total. The van der Waals surface area contributed by atoms with Gasteiger partial charge in [-0.1, -0.05) is 30.3 Å². The van der Waals surface area contributed by atoms with Gasteiger partial charge in [0.1, 0.15) is 6.54 Å². The van der Waals surface area contributed by atoms with Crippen molar-refractivity contribution in [3.63, 3.8) is 0 Å². The number of aromatic amines is 1. The number of fused-ring (bicyclic) bond motifs is 1. The normalized spacial score (nSPS) is 17.1. The van der Waals surface area contributed by atoms with E-state index < -0.39 is 6.03 Å². The Morgan fingerprint density at radius 2 is 1.88 bits per heavy atom. The van der Waals surface area contributed by atoms with E-state index in [4.69, 9.17) is 0 Å². The minimum Gasteiger partial charge on any atom is -0.340 e. The Hall–Kier alpha value is -3.16. The second-order valence-electron chi connectivity index (χ2n) is 6.41. The summed E-state index contributed by atoms with van der Waals surface area (Å²) in [6.07, 6.45) is 1.35. The molecule has 1 aromatic carbocycles. The summed E-state index contributed by atoms with van der Waals surface area (Å²) in [4.78, 5) is 38.5. The highest BCUT2D eigenvalue weighted by molar-refractivity contribution is 6.04. The number of imide groups is 1. The molecule has 2 aliphatic heterocycles. The van der Waals surface area contributed by atoms with Gasteiger partial charge in [0, 0.05) is 36.3 Å². The number of hydrogen-bond donors (Lipinski definition) is 2. The minimum absolute atomic E-state index is 0.0389. The first-order valence-electron chi connectivity index (χ1n) is 8.61. The topological polar surface area (TPSA) is 98.4 Å². The molecule has 0 saturated carbocycles. The van der Waals surface area contributed by atoms with Crippen LogP contribution in [-0.4, -0.2) is 64.0 Å². The van der Waals surface area contributed by atoms with Crippen LogP contribution in [0.2, 0.25) is 0 Å². The van der Waals surface area contributed by atoms with Crippen molar-refractivity contribution in [2.24, 2.45) is 0 Å². The molecule has 3 heterocycles. The Balaban J connectivity index is 1.47. The van der Waals surface area contributed by atoms with E-state index in [9.17, 15) is 14.4 Å². The molecule has 0 bridgehead atoms. The number of aromatic nitrogens is 2. The van der Waals surface area contributed by atoms with E-state index in [2.05, 4.69) is 15.5 Å². The van der Waals surface area contributed by atoms with Crippen LogP contribution in [0, 0.1) is 0 Å². The maximum absolute atomic E-state index is 12.6. The van der Waals surface area contributed by atoms with E-state index >= 15 is 0 Å². The molecule has 4 amide bonds. The van der Waals surface area contributed by atoms with Gasteiger partial charge in [-0.15, -0.1) is 0 Å². The van der Waals surface area contributed by atoms with Crippen molar-refractivity contribution in [3.8, 4) is 11.3 Å². The molecule has 1 fully saturated rings. The molecule has 4 rings (SSSR count). The Morgan fingerprint density at radius 3 is 2.62 bits per heavy atom. The van der Waals surface area contributed by atoms with E-state index in [-0.39, 0.29) is 24.9 Å². The molecule has 0 unspecified atom stereocenters. The van der Waals surface area contributed by atoms with Gasteiger partial charge >= 0.3 is 6.03 Å². The fraction of sp³-hybridized carbons (Fsp3) is 0.333. The number of benzene rings is 1. The Kier molecular flexibility index (Phi) is 4.16. The summed E-state index contributed by atoms with van der Waals surface area (Å²) in [7, 11) is 0. The SMILES string of the molecule is O=C(CN1C(=O)CNC1=O)N1CCc2[nH]nc(-c3ccccc3)c2CC1. The van der Waals surface area contributed by atoms with Crippen LogP contribution in [0.4, 0.5) is 4.79 Å². The van der Waals surface area contributed by atoms with Gasteiger partial charge in [-0.3, -0.25) is 19.6 Å². The first-order chi connectivity index (χ1) is 12.6. The van der Waals surface area contributed by atoms with Crippen LogP contribution in [-0.2, 0) is 22.4 Å². The third-order valence-electron chi connectivity index (χ3n) is 4.85. The molecule has 0 aliphatic carbocycles. The second kappa shape index (κ2) is 6.62. The number of nitrogens with zero attached hydrogens (tertiary/aromatic N) is 3. The third-order valence-corrected chi connectivity index (χ3v) is 4.85. The zero-order valence-electron chi connectivity index (χ0n) is 14.2. The average molecular weight is 353 g/mol. The van der Waals surface area contributed by atoms with Crippen LogP contribution in [0.1, 0.15) is 11.3 Å². The summed E-state index contributed by atoms with van der Waals surface area (Å²) < 4.78 is 0. The lowest BCUT2D eigenvalue weighted by molar-refractivity contribution is -0.136. The van der Waals surface area contributed by atoms with Crippen LogP contribution in [0.3, 0.4) is 0 Å². The highest BCUT2D eigenvalue weighted by atomic mass is 16.2. The lowest BCUT2D eigenvalue weighted by Gasteiger charge is -2.22. The van der Waals surface area contributed by atoms with Crippen LogP contribution < -0.4 is 5.32 Å². The maximum Gasteiger partial charge on any atom is 0.325 e. The maximum atomic E-state index is 12.6. The largest absolute Gasteiger partial charge is 0.340 e. The van der Waals surface area contributed by atoms with Crippen LogP contribution in [0.5, 0.6) is 0 Å². The molecule has 1 aromatic heterocycles. The lowest BCUT2D eigenvalue weighted by Crippen LogP contribution is -2.44. The quantitative estimate of drug-likeness (QED) is 0.788. The van der Waals surface area contributed by atoms with Crippen molar-refractivity contribution in [1.82, 2.24) is 25.3 Å². The predicted octanol–water partition coefficient (Wildman–Crippen LogP) is 0.556. The van der Waals surface area contributed by atoms with Gasteiger partial charge in [-0.2, -0.15) is 5.10 Å². The van der Waals surface area contributed by atoms with E-state index in [0.29, 0.717) is 25.9 Å². The van der Waals surface area contributed by atoms with Gasteiger partial charge < -0.3 is 10.2 Å². The lowest BCUT2D eigenvalue weighted by atomic mass is 10.0. The standard InChI is InChI=1S/C18H19N5O3/c24-15-10-19-18(26)23(15)11-16(25)22-8-6-13-14(7-9-22)20-21-17(13)12-4-2-1-3-5-12/h1-5H,6-11H2,(H,19,26)(H,20,21). The summed E-state index contributed by atoms with van der Waals surface area (Å²) in [6.45, 7) is 0.825. The van der Waals surface area contributed by atoms with Crippen LogP contribution in [0.15, 0.2) is 30.3 Å².